The molecule has 0 radical (unpaired) electrons. The zero-order chi connectivity index (χ0) is 13.3. The van der Waals surface area contributed by atoms with E-state index in [1.165, 1.54) is 17.1 Å². The van der Waals surface area contributed by atoms with Gasteiger partial charge in [-0.2, -0.15) is 5.10 Å². The van der Waals surface area contributed by atoms with Crippen molar-refractivity contribution in [3.05, 3.63) is 40.6 Å². The maximum absolute atomic E-state index is 12.0. The lowest BCUT2D eigenvalue weighted by atomic mass is 10.4. The summed E-state index contributed by atoms with van der Waals surface area (Å²) in [4.78, 5) is 13.7. The van der Waals surface area contributed by atoms with Crippen molar-refractivity contribution < 1.29 is 8.42 Å². The molecule has 0 amide bonds. The van der Waals surface area contributed by atoms with E-state index >= 15 is 0 Å². The van der Waals surface area contributed by atoms with Crippen molar-refractivity contribution in [2.45, 2.75) is 11.8 Å². The molecule has 0 saturated heterocycles. The molecular weight excluding hydrogens is 256 g/mol. The Bertz CT molecular complexity index is 730. The molecule has 0 saturated carbocycles. The minimum absolute atomic E-state index is 0.326. The lowest BCUT2D eigenvalue weighted by Crippen LogP contribution is -2.21. The van der Waals surface area contributed by atoms with Crippen LogP contribution >= 0.6 is 0 Å². The van der Waals surface area contributed by atoms with E-state index in [9.17, 15) is 13.2 Å². The molecule has 7 nitrogen and oxygen atoms in total. The van der Waals surface area contributed by atoms with Gasteiger partial charge in [-0.25, -0.2) is 8.42 Å². The summed E-state index contributed by atoms with van der Waals surface area (Å²) in [6.07, 6.45) is 4.05. The Morgan fingerprint density at radius 3 is 2.72 bits per heavy atom. The van der Waals surface area contributed by atoms with E-state index in [4.69, 9.17) is 0 Å². The van der Waals surface area contributed by atoms with Gasteiger partial charge in [-0.1, -0.05) is 0 Å². The summed E-state index contributed by atoms with van der Waals surface area (Å²) in [5.41, 5.74) is 0.317. The normalized spacial score (nSPS) is 11.4. The van der Waals surface area contributed by atoms with Crippen molar-refractivity contribution in [2.24, 2.45) is 7.05 Å². The summed E-state index contributed by atoms with van der Waals surface area (Å²) in [6, 6.07) is 1.16. The van der Waals surface area contributed by atoms with Crippen molar-refractivity contribution >= 4 is 15.7 Å². The molecule has 0 aliphatic carbocycles. The molecule has 96 valence electrons. The average molecular weight is 268 g/mol. The number of aromatic amines is 1. The van der Waals surface area contributed by atoms with Crippen molar-refractivity contribution in [3.63, 3.8) is 0 Å². The van der Waals surface area contributed by atoms with Crippen LogP contribution in [0.25, 0.3) is 0 Å². The lowest BCUT2D eigenvalue weighted by molar-refractivity contribution is 0.600. The summed E-state index contributed by atoms with van der Waals surface area (Å²) in [7, 11) is -2.22. The van der Waals surface area contributed by atoms with Gasteiger partial charge in [-0.05, 0) is 6.92 Å². The molecule has 0 atom stereocenters. The second-order valence-electron chi connectivity index (χ2n) is 3.78. The number of rotatable bonds is 3. The van der Waals surface area contributed by atoms with Gasteiger partial charge in [0.25, 0.3) is 10.0 Å². The van der Waals surface area contributed by atoms with Gasteiger partial charge in [0.15, 0.2) is 4.90 Å². The van der Waals surface area contributed by atoms with Crippen molar-refractivity contribution in [3.8, 4) is 0 Å². The monoisotopic (exact) mass is 268 g/mol. The molecule has 18 heavy (non-hydrogen) atoms. The first-order valence-corrected chi connectivity index (χ1v) is 6.58. The third-order valence-corrected chi connectivity index (χ3v) is 3.72. The summed E-state index contributed by atoms with van der Waals surface area (Å²) in [6.45, 7) is 1.67. The number of sulfonamides is 1. The van der Waals surface area contributed by atoms with Gasteiger partial charge < -0.3 is 4.98 Å². The summed E-state index contributed by atoms with van der Waals surface area (Å²) in [5.74, 6) is 0. The van der Waals surface area contributed by atoms with Crippen LogP contribution in [0.5, 0.6) is 0 Å². The molecule has 0 unspecified atom stereocenters. The number of aromatic nitrogens is 3. The summed E-state index contributed by atoms with van der Waals surface area (Å²) in [5, 5.41) is 4.02. The second-order valence-corrected chi connectivity index (χ2v) is 5.43. The number of anilines is 1. The van der Waals surface area contributed by atoms with E-state index in [0.717, 1.165) is 12.3 Å². The van der Waals surface area contributed by atoms with E-state index in [1.807, 2.05) is 0 Å². The van der Waals surface area contributed by atoms with Crippen LogP contribution in [-0.2, 0) is 17.1 Å². The Morgan fingerprint density at radius 1 is 1.44 bits per heavy atom. The number of aryl methyl sites for hydroxylation is 2. The van der Waals surface area contributed by atoms with Crippen LogP contribution in [0.3, 0.4) is 0 Å². The fourth-order valence-corrected chi connectivity index (χ4v) is 2.67. The molecule has 0 aliphatic rings. The third kappa shape index (κ3) is 2.28. The van der Waals surface area contributed by atoms with Gasteiger partial charge in [0, 0.05) is 31.7 Å². The van der Waals surface area contributed by atoms with E-state index in [2.05, 4.69) is 14.8 Å². The smallest absolute Gasteiger partial charge is 0.267 e. The van der Waals surface area contributed by atoms with Crippen LogP contribution in [0.4, 0.5) is 5.69 Å². The van der Waals surface area contributed by atoms with Crippen LogP contribution in [0, 0.1) is 6.92 Å². The SMILES string of the molecule is Cc1nn(C)cc1NS(=O)(=O)c1c[nH]ccc1=O. The Kier molecular flexibility index (Phi) is 2.95. The fraction of sp³-hybridized carbons (Fsp3) is 0.200. The fourth-order valence-electron chi connectivity index (χ4n) is 1.51. The molecule has 2 N–H and O–H groups in total. The molecule has 2 rings (SSSR count). The molecule has 0 aromatic carbocycles. The number of hydrogen-bond donors (Lipinski definition) is 2. The molecule has 0 aliphatic heterocycles. The maximum Gasteiger partial charge on any atom is 0.267 e. The van der Waals surface area contributed by atoms with Crippen molar-refractivity contribution in [1.82, 2.24) is 14.8 Å². The zero-order valence-electron chi connectivity index (χ0n) is 9.84. The molecule has 0 fully saturated rings. The largest absolute Gasteiger partial charge is 0.366 e. The lowest BCUT2D eigenvalue weighted by Gasteiger charge is -2.05. The first-order chi connectivity index (χ1) is 8.40. The molecule has 0 bridgehead atoms. The molecule has 2 heterocycles. The topological polar surface area (TPSA) is 96.8 Å². The Balaban J connectivity index is 2.43. The van der Waals surface area contributed by atoms with Gasteiger partial charge in [-0.3, -0.25) is 14.2 Å². The minimum atomic E-state index is -3.90. The first kappa shape index (κ1) is 12.4. The molecular formula is C10H12N4O3S. The van der Waals surface area contributed by atoms with Gasteiger partial charge in [0.05, 0.1) is 11.4 Å². The Hall–Kier alpha value is -2.09. The van der Waals surface area contributed by atoms with Gasteiger partial charge in [0.1, 0.15) is 0 Å². The number of H-pyrrole nitrogens is 1. The quantitative estimate of drug-likeness (QED) is 0.832. The first-order valence-electron chi connectivity index (χ1n) is 5.10. The number of nitrogens with zero attached hydrogens (tertiary/aromatic N) is 2. The van der Waals surface area contributed by atoms with E-state index in [-0.39, 0.29) is 4.90 Å². The highest BCUT2D eigenvalue weighted by molar-refractivity contribution is 7.92. The molecule has 0 spiro atoms. The van der Waals surface area contributed by atoms with Gasteiger partial charge in [0.2, 0.25) is 5.43 Å². The number of hydrogen-bond acceptors (Lipinski definition) is 4. The van der Waals surface area contributed by atoms with Crippen molar-refractivity contribution in [1.29, 1.82) is 0 Å². The predicted octanol–water partition coefficient (Wildman–Crippen LogP) is 0.218. The highest BCUT2D eigenvalue weighted by Crippen LogP contribution is 2.15. The minimum Gasteiger partial charge on any atom is -0.366 e. The van der Waals surface area contributed by atoms with Crippen LogP contribution < -0.4 is 10.2 Å². The predicted molar refractivity (Wildman–Crippen MR) is 65.8 cm³/mol. The Labute approximate surface area is 104 Å². The third-order valence-electron chi connectivity index (χ3n) is 2.34. The number of nitrogens with one attached hydrogen (secondary N) is 2. The van der Waals surface area contributed by atoms with Crippen molar-refractivity contribution in [2.75, 3.05) is 4.72 Å². The second kappa shape index (κ2) is 4.30. The Morgan fingerprint density at radius 2 is 2.17 bits per heavy atom. The van der Waals surface area contributed by atoms with Gasteiger partial charge >= 0.3 is 0 Å². The summed E-state index contributed by atoms with van der Waals surface area (Å²) >= 11 is 0. The zero-order valence-corrected chi connectivity index (χ0v) is 10.7. The molecule has 2 aromatic heterocycles. The van der Waals surface area contributed by atoms with E-state index in [1.54, 1.807) is 14.0 Å². The molecule has 8 heteroatoms. The standard InChI is InChI=1S/C10H12N4O3S/c1-7-8(6-14(2)12-7)13-18(16,17)10-5-11-4-3-9(10)15/h3-6,13H,1-2H3,(H,11,15). The van der Waals surface area contributed by atoms with Crippen LogP contribution in [0.1, 0.15) is 5.69 Å². The van der Waals surface area contributed by atoms with Crippen LogP contribution in [0.15, 0.2) is 34.3 Å². The van der Waals surface area contributed by atoms with Crippen LogP contribution in [-0.4, -0.2) is 23.2 Å². The van der Waals surface area contributed by atoms with E-state index < -0.39 is 15.5 Å². The highest BCUT2D eigenvalue weighted by Gasteiger charge is 2.19. The molecule has 2 aromatic rings. The van der Waals surface area contributed by atoms with Crippen LogP contribution in [0.2, 0.25) is 0 Å². The summed E-state index contributed by atoms with van der Waals surface area (Å²) < 4.78 is 27.9. The number of pyridine rings is 1. The van der Waals surface area contributed by atoms with E-state index in [0.29, 0.717) is 11.4 Å². The average Bonchev–Trinajstić information content (AvgIpc) is 2.57. The highest BCUT2D eigenvalue weighted by atomic mass is 32.2. The van der Waals surface area contributed by atoms with Gasteiger partial charge in [-0.15, -0.1) is 0 Å². The maximum atomic E-state index is 12.0.